The maximum absolute atomic E-state index is 12.4. The van der Waals surface area contributed by atoms with E-state index in [1.165, 1.54) is 22.9 Å². The highest BCUT2D eigenvalue weighted by molar-refractivity contribution is 5.28. The number of halogens is 3. The molecule has 6 nitrogen and oxygen atoms in total. The van der Waals surface area contributed by atoms with E-state index in [9.17, 15) is 22.8 Å². The molecule has 9 heteroatoms. The molecule has 1 heterocycles. The van der Waals surface area contributed by atoms with E-state index in [0.717, 1.165) is 29.5 Å². The summed E-state index contributed by atoms with van der Waals surface area (Å²) in [5.41, 5.74) is -0.975. The van der Waals surface area contributed by atoms with Gasteiger partial charge in [0.05, 0.1) is 6.54 Å². The summed E-state index contributed by atoms with van der Waals surface area (Å²) < 4.78 is 42.5. The fourth-order valence-electron chi connectivity index (χ4n) is 2.43. The van der Waals surface area contributed by atoms with Gasteiger partial charge in [-0.1, -0.05) is 12.1 Å². The molecular weight excluding hydrogens is 339 g/mol. The van der Waals surface area contributed by atoms with Crippen LogP contribution in [0.3, 0.4) is 0 Å². The topological polar surface area (TPSA) is 77.0 Å². The number of aromatic nitrogens is 2. The Kier molecular flexibility index (Phi) is 4.12. The predicted octanol–water partition coefficient (Wildman–Crippen LogP) is 2.16. The summed E-state index contributed by atoms with van der Waals surface area (Å²) in [6.07, 6.45) is -1.93. The van der Waals surface area contributed by atoms with Gasteiger partial charge in [-0.25, -0.2) is 4.79 Å². The van der Waals surface area contributed by atoms with Crippen molar-refractivity contribution < 1.29 is 17.9 Å². The van der Waals surface area contributed by atoms with Crippen molar-refractivity contribution in [2.45, 2.75) is 31.8 Å². The minimum atomic E-state index is -4.79. The van der Waals surface area contributed by atoms with Crippen LogP contribution in [0.2, 0.25) is 0 Å². The van der Waals surface area contributed by atoms with E-state index in [-0.39, 0.29) is 18.2 Å². The van der Waals surface area contributed by atoms with Gasteiger partial charge in [0.25, 0.3) is 5.56 Å². The van der Waals surface area contributed by atoms with Crippen LogP contribution in [-0.2, 0) is 6.54 Å². The first-order valence-electron chi connectivity index (χ1n) is 7.39. The lowest BCUT2D eigenvalue weighted by atomic mass is 10.2. The van der Waals surface area contributed by atoms with Gasteiger partial charge in [0.2, 0.25) is 0 Å². The third-order valence-electron chi connectivity index (χ3n) is 3.75. The Morgan fingerprint density at radius 3 is 2.36 bits per heavy atom. The summed E-state index contributed by atoms with van der Waals surface area (Å²) in [6, 6.07) is 6.60. The standard InChI is InChI=1S/C16H12F3N3O3/c17-16(18,19)25-13-5-1-10(2-6-13)8-22-14(23)11(7-20)9-21(15(22)24)12-3-4-12/h1-2,5-6,9,12H,3-4,8H2. The van der Waals surface area contributed by atoms with Gasteiger partial charge in [-0.2, -0.15) is 5.26 Å². The molecule has 0 radical (unpaired) electrons. The number of alkyl halides is 3. The van der Waals surface area contributed by atoms with E-state index in [1.807, 2.05) is 0 Å². The fourth-order valence-corrected chi connectivity index (χ4v) is 2.43. The number of nitriles is 1. The Hall–Kier alpha value is -3.02. The van der Waals surface area contributed by atoms with E-state index in [2.05, 4.69) is 4.74 Å². The van der Waals surface area contributed by atoms with Gasteiger partial charge in [-0.15, -0.1) is 13.2 Å². The molecule has 0 N–H and O–H groups in total. The number of benzene rings is 1. The fraction of sp³-hybridized carbons (Fsp3) is 0.312. The van der Waals surface area contributed by atoms with Crippen LogP contribution in [0.1, 0.15) is 30.0 Å². The summed E-state index contributed by atoms with van der Waals surface area (Å²) in [6.45, 7) is -0.147. The van der Waals surface area contributed by atoms with Crippen molar-refractivity contribution in [2.75, 3.05) is 0 Å². The molecular formula is C16H12F3N3O3. The summed E-state index contributed by atoms with van der Waals surface area (Å²) >= 11 is 0. The van der Waals surface area contributed by atoms with E-state index in [4.69, 9.17) is 5.26 Å². The Labute approximate surface area is 139 Å². The van der Waals surface area contributed by atoms with Gasteiger partial charge in [0.1, 0.15) is 17.4 Å². The second kappa shape index (κ2) is 6.12. The average molecular weight is 351 g/mol. The summed E-state index contributed by atoms with van der Waals surface area (Å²) in [5.74, 6) is -0.398. The molecule has 1 aliphatic carbocycles. The van der Waals surface area contributed by atoms with Crippen LogP contribution in [0.15, 0.2) is 40.1 Å². The summed E-state index contributed by atoms with van der Waals surface area (Å²) in [7, 11) is 0. The van der Waals surface area contributed by atoms with Crippen molar-refractivity contribution in [1.29, 1.82) is 5.26 Å². The smallest absolute Gasteiger partial charge is 0.406 e. The first-order valence-corrected chi connectivity index (χ1v) is 7.39. The minimum absolute atomic E-state index is 0.0194. The molecule has 1 fully saturated rings. The number of ether oxygens (including phenoxy) is 1. The van der Waals surface area contributed by atoms with E-state index < -0.39 is 23.4 Å². The van der Waals surface area contributed by atoms with Gasteiger partial charge >= 0.3 is 12.1 Å². The van der Waals surface area contributed by atoms with Gasteiger partial charge in [-0.05, 0) is 30.5 Å². The molecule has 0 unspecified atom stereocenters. The molecule has 3 rings (SSSR count). The normalized spacial score (nSPS) is 14.2. The van der Waals surface area contributed by atoms with Crippen LogP contribution < -0.4 is 16.0 Å². The minimum Gasteiger partial charge on any atom is -0.406 e. The quantitative estimate of drug-likeness (QED) is 0.846. The molecule has 1 saturated carbocycles. The Balaban J connectivity index is 1.93. The van der Waals surface area contributed by atoms with Crippen LogP contribution in [0.4, 0.5) is 13.2 Å². The molecule has 1 aromatic carbocycles. The van der Waals surface area contributed by atoms with Gasteiger partial charge in [0.15, 0.2) is 0 Å². The van der Waals surface area contributed by atoms with Crippen LogP contribution in [0.25, 0.3) is 0 Å². The number of rotatable bonds is 4. The molecule has 0 atom stereocenters. The molecule has 25 heavy (non-hydrogen) atoms. The third kappa shape index (κ3) is 3.74. The van der Waals surface area contributed by atoms with Crippen LogP contribution >= 0.6 is 0 Å². The monoisotopic (exact) mass is 351 g/mol. The van der Waals surface area contributed by atoms with Crippen molar-refractivity contribution in [1.82, 2.24) is 9.13 Å². The molecule has 0 bridgehead atoms. The van der Waals surface area contributed by atoms with Crippen LogP contribution in [0, 0.1) is 11.3 Å². The number of hydrogen-bond donors (Lipinski definition) is 0. The average Bonchev–Trinajstić information content (AvgIpc) is 3.37. The summed E-state index contributed by atoms with van der Waals surface area (Å²) in [5, 5.41) is 9.07. The van der Waals surface area contributed by atoms with Crippen LogP contribution in [0.5, 0.6) is 5.75 Å². The highest BCUT2D eigenvalue weighted by atomic mass is 19.4. The lowest BCUT2D eigenvalue weighted by molar-refractivity contribution is -0.274. The zero-order valence-electron chi connectivity index (χ0n) is 12.8. The second-order valence-electron chi connectivity index (χ2n) is 5.66. The van der Waals surface area contributed by atoms with Crippen LogP contribution in [-0.4, -0.2) is 15.5 Å². The third-order valence-corrected chi connectivity index (χ3v) is 3.75. The maximum atomic E-state index is 12.4. The molecule has 1 aromatic heterocycles. The van der Waals surface area contributed by atoms with Crippen molar-refractivity contribution in [3.05, 3.63) is 62.4 Å². The van der Waals surface area contributed by atoms with Crippen molar-refractivity contribution in [2.24, 2.45) is 0 Å². The molecule has 2 aromatic rings. The van der Waals surface area contributed by atoms with Gasteiger partial charge < -0.3 is 4.74 Å². The first-order chi connectivity index (χ1) is 11.8. The molecule has 130 valence electrons. The zero-order chi connectivity index (χ0) is 18.2. The van der Waals surface area contributed by atoms with Crippen molar-refractivity contribution in [3.63, 3.8) is 0 Å². The van der Waals surface area contributed by atoms with Gasteiger partial charge in [-0.3, -0.25) is 13.9 Å². The number of nitrogens with zero attached hydrogens (tertiary/aromatic N) is 3. The van der Waals surface area contributed by atoms with E-state index in [1.54, 1.807) is 6.07 Å². The highest BCUT2D eigenvalue weighted by Crippen LogP contribution is 2.33. The largest absolute Gasteiger partial charge is 0.573 e. The number of hydrogen-bond acceptors (Lipinski definition) is 4. The molecule has 0 amide bonds. The summed E-state index contributed by atoms with van der Waals surface area (Å²) in [4.78, 5) is 24.7. The second-order valence-corrected chi connectivity index (χ2v) is 5.66. The predicted molar refractivity (Wildman–Crippen MR) is 80.2 cm³/mol. The van der Waals surface area contributed by atoms with E-state index >= 15 is 0 Å². The zero-order valence-corrected chi connectivity index (χ0v) is 12.8. The molecule has 0 spiro atoms. The van der Waals surface area contributed by atoms with Crippen molar-refractivity contribution >= 4 is 0 Å². The van der Waals surface area contributed by atoms with Gasteiger partial charge in [0, 0.05) is 12.2 Å². The molecule has 1 aliphatic rings. The molecule has 0 aliphatic heterocycles. The SMILES string of the molecule is N#Cc1cn(C2CC2)c(=O)n(Cc2ccc(OC(F)(F)F)cc2)c1=O. The Morgan fingerprint density at radius 2 is 1.84 bits per heavy atom. The Morgan fingerprint density at radius 1 is 1.20 bits per heavy atom. The molecule has 0 saturated heterocycles. The van der Waals surface area contributed by atoms with Crippen molar-refractivity contribution in [3.8, 4) is 11.8 Å². The first kappa shape index (κ1) is 16.8. The Bertz CT molecular complexity index is 948. The lowest BCUT2D eigenvalue weighted by Crippen LogP contribution is -2.40. The van der Waals surface area contributed by atoms with E-state index in [0.29, 0.717) is 5.56 Å². The maximum Gasteiger partial charge on any atom is 0.573 e. The highest BCUT2D eigenvalue weighted by Gasteiger charge is 2.31. The lowest BCUT2D eigenvalue weighted by Gasteiger charge is -2.11.